The molecular formula is C22H20F3N7O3. The maximum absolute atomic E-state index is 13.9. The molecule has 10 nitrogen and oxygen atoms in total. The van der Waals surface area contributed by atoms with Gasteiger partial charge in [0.15, 0.2) is 5.82 Å². The molecule has 35 heavy (non-hydrogen) atoms. The number of halogens is 3. The molecule has 0 aliphatic heterocycles. The lowest BCUT2D eigenvalue weighted by Gasteiger charge is -2.65. The lowest BCUT2D eigenvalue weighted by atomic mass is 9.47. The van der Waals surface area contributed by atoms with Crippen LogP contribution in [0.25, 0.3) is 11.4 Å². The van der Waals surface area contributed by atoms with E-state index in [1.54, 1.807) is 7.05 Å². The summed E-state index contributed by atoms with van der Waals surface area (Å²) in [4.78, 5) is 36.5. The molecule has 0 saturated heterocycles. The highest BCUT2D eigenvalue weighted by Gasteiger charge is 2.69. The Morgan fingerprint density at radius 2 is 1.80 bits per heavy atom. The molecule has 3 aromatic rings. The van der Waals surface area contributed by atoms with Gasteiger partial charge in [-0.05, 0) is 13.0 Å². The van der Waals surface area contributed by atoms with Crippen molar-refractivity contribution in [2.24, 2.45) is 7.05 Å². The van der Waals surface area contributed by atoms with Gasteiger partial charge < -0.3 is 10.1 Å². The van der Waals surface area contributed by atoms with Crippen LogP contribution >= 0.6 is 0 Å². The Labute approximate surface area is 196 Å². The van der Waals surface area contributed by atoms with Crippen LogP contribution in [0.15, 0.2) is 30.9 Å². The van der Waals surface area contributed by atoms with Crippen molar-refractivity contribution < 1.29 is 27.5 Å². The van der Waals surface area contributed by atoms with Gasteiger partial charge in [-0.25, -0.2) is 28.5 Å². The van der Waals surface area contributed by atoms with Gasteiger partial charge in [-0.3, -0.25) is 14.8 Å². The Balaban J connectivity index is 1.26. The summed E-state index contributed by atoms with van der Waals surface area (Å²) in [6.07, 6.45) is 3.68. The van der Waals surface area contributed by atoms with Gasteiger partial charge >= 0.3 is 6.09 Å². The van der Waals surface area contributed by atoms with E-state index in [9.17, 15) is 22.8 Å². The van der Waals surface area contributed by atoms with Crippen LogP contribution in [0, 0.1) is 11.8 Å². The van der Waals surface area contributed by atoms with E-state index in [1.165, 1.54) is 30.2 Å². The van der Waals surface area contributed by atoms with Crippen LogP contribution in [0.1, 0.15) is 48.2 Å². The molecule has 0 spiro atoms. The minimum absolute atomic E-state index is 0.173. The molecule has 6 rings (SSSR count). The van der Waals surface area contributed by atoms with Crippen molar-refractivity contribution in [2.75, 3.05) is 5.32 Å². The van der Waals surface area contributed by atoms with E-state index in [0.29, 0.717) is 24.8 Å². The topological polar surface area (TPSA) is 124 Å². The second-order valence-corrected chi connectivity index (χ2v) is 8.95. The van der Waals surface area contributed by atoms with Crippen molar-refractivity contribution in [2.45, 2.75) is 43.5 Å². The molecule has 2 N–H and O–H groups in total. The van der Waals surface area contributed by atoms with E-state index < -0.39 is 35.2 Å². The fraction of sp³-hybridized carbons (Fsp3) is 0.364. The van der Waals surface area contributed by atoms with Crippen LogP contribution in [-0.2, 0) is 11.8 Å². The molecule has 3 aliphatic rings. The average molecular weight is 487 g/mol. The molecule has 2 amide bonds. The third-order valence-electron chi connectivity index (χ3n) is 6.21. The Morgan fingerprint density at radius 1 is 1.11 bits per heavy atom. The Bertz CT molecular complexity index is 1310. The molecule has 1 atom stereocenters. The predicted octanol–water partition coefficient (Wildman–Crippen LogP) is 3.23. The summed E-state index contributed by atoms with van der Waals surface area (Å²) in [5.41, 5.74) is -1.26. The summed E-state index contributed by atoms with van der Waals surface area (Å²) in [5.74, 6) is -1.76. The summed E-state index contributed by atoms with van der Waals surface area (Å²) in [6, 6.07) is 0.894. The first-order valence-electron chi connectivity index (χ1n) is 10.7. The fourth-order valence-corrected chi connectivity index (χ4v) is 4.52. The number of ether oxygens (including phenoxy) is 1. The summed E-state index contributed by atoms with van der Waals surface area (Å²) >= 11 is 0. The number of carbonyl (C=O) groups excluding carboxylic acids is 2. The summed E-state index contributed by atoms with van der Waals surface area (Å²) in [5, 5.41) is 9.41. The normalized spacial score (nSPS) is 23.0. The molecule has 2 bridgehead atoms. The van der Waals surface area contributed by atoms with Crippen LogP contribution in [0.4, 0.5) is 23.8 Å². The standard InChI is InChI=1S/C22H20F3N7O3/c1-11(14-3-13(23)6-26-16(14)24)35-20(34)30-18-15(7-29-32(18)2)17-27-4-12(5-28-17)19(33)31-22-8-21(25,9-22)10-22/h3-7,11H,8-10H2,1-2H3,(H,30,34)(H,31,33)/t11-,21?,22?/m1/s1. The van der Waals surface area contributed by atoms with Crippen LogP contribution in [-0.4, -0.2) is 47.9 Å². The van der Waals surface area contributed by atoms with E-state index in [4.69, 9.17) is 4.74 Å². The zero-order valence-corrected chi connectivity index (χ0v) is 18.7. The smallest absolute Gasteiger partial charge is 0.413 e. The number of carbonyl (C=O) groups is 2. The van der Waals surface area contributed by atoms with Crippen molar-refractivity contribution >= 4 is 17.8 Å². The SMILES string of the molecule is C[C@@H](OC(=O)Nc1c(-c2ncc(C(=O)NC34CC(F)(C3)C4)cn2)cnn1C)c1cc(F)cnc1F. The van der Waals surface area contributed by atoms with E-state index >= 15 is 0 Å². The average Bonchev–Trinajstić information content (AvgIpc) is 3.13. The largest absolute Gasteiger partial charge is 0.441 e. The van der Waals surface area contributed by atoms with E-state index in [2.05, 4.69) is 30.7 Å². The number of hydrogen-bond donors (Lipinski definition) is 2. The second-order valence-electron chi connectivity index (χ2n) is 8.95. The summed E-state index contributed by atoms with van der Waals surface area (Å²) in [7, 11) is 1.56. The van der Waals surface area contributed by atoms with E-state index in [0.717, 1.165) is 12.3 Å². The number of aromatic nitrogens is 5. The number of anilines is 1. The first kappa shape index (κ1) is 22.7. The lowest BCUT2D eigenvalue weighted by Crippen LogP contribution is -2.76. The third kappa shape index (κ3) is 4.17. The molecule has 13 heteroatoms. The summed E-state index contributed by atoms with van der Waals surface area (Å²) < 4.78 is 47.4. The third-order valence-corrected chi connectivity index (χ3v) is 6.21. The number of pyridine rings is 1. The number of amides is 2. The molecule has 3 fully saturated rings. The summed E-state index contributed by atoms with van der Waals surface area (Å²) in [6.45, 7) is 1.37. The fourth-order valence-electron chi connectivity index (χ4n) is 4.52. The number of hydrogen-bond acceptors (Lipinski definition) is 7. The highest BCUT2D eigenvalue weighted by molar-refractivity contribution is 5.95. The zero-order valence-electron chi connectivity index (χ0n) is 18.7. The monoisotopic (exact) mass is 487 g/mol. The van der Waals surface area contributed by atoms with Crippen molar-refractivity contribution in [1.82, 2.24) is 30.0 Å². The number of nitrogens with one attached hydrogen (secondary N) is 2. The zero-order chi connectivity index (χ0) is 25.0. The molecule has 3 aliphatic carbocycles. The van der Waals surface area contributed by atoms with Crippen LogP contribution in [0.3, 0.4) is 0 Å². The number of alkyl halides is 1. The molecule has 3 heterocycles. The lowest BCUT2D eigenvalue weighted by molar-refractivity contribution is -0.162. The van der Waals surface area contributed by atoms with Gasteiger partial charge in [0.2, 0.25) is 5.95 Å². The van der Waals surface area contributed by atoms with E-state index in [1.807, 2.05) is 0 Å². The maximum atomic E-state index is 13.9. The van der Waals surface area contributed by atoms with Crippen LogP contribution in [0.2, 0.25) is 0 Å². The van der Waals surface area contributed by atoms with Gasteiger partial charge in [-0.2, -0.15) is 9.49 Å². The van der Waals surface area contributed by atoms with Crippen molar-refractivity contribution in [3.05, 3.63) is 53.7 Å². The van der Waals surface area contributed by atoms with Gasteiger partial charge in [-0.15, -0.1) is 0 Å². The van der Waals surface area contributed by atoms with Gasteiger partial charge in [-0.1, -0.05) is 0 Å². The number of nitrogens with zero attached hydrogens (tertiary/aromatic N) is 5. The highest BCUT2D eigenvalue weighted by atomic mass is 19.1. The molecule has 3 saturated carbocycles. The first-order chi connectivity index (χ1) is 16.6. The second kappa shape index (κ2) is 8.03. The van der Waals surface area contributed by atoms with Gasteiger partial charge in [0, 0.05) is 44.2 Å². The Morgan fingerprint density at radius 3 is 2.46 bits per heavy atom. The van der Waals surface area contributed by atoms with Crippen molar-refractivity contribution in [1.29, 1.82) is 0 Å². The molecule has 0 aromatic carbocycles. The molecular weight excluding hydrogens is 467 g/mol. The van der Waals surface area contributed by atoms with Gasteiger partial charge in [0.1, 0.15) is 23.4 Å². The first-order valence-corrected chi connectivity index (χ1v) is 10.7. The number of aryl methyl sites for hydroxylation is 1. The van der Waals surface area contributed by atoms with Crippen molar-refractivity contribution in [3.8, 4) is 11.4 Å². The van der Waals surface area contributed by atoms with Crippen molar-refractivity contribution in [3.63, 3.8) is 0 Å². The van der Waals surface area contributed by atoms with Gasteiger partial charge in [0.05, 0.1) is 29.1 Å². The predicted molar refractivity (Wildman–Crippen MR) is 115 cm³/mol. The minimum atomic E-state index is -1.13. The molecule has 0 radical (unpaired) electrons. The van der Waals surface area contributed by atoms with Gasteiger partial charge in [0.25, 0.3) is 5.91 Å². The van der Waals surface area contributed by atoms with E-state index in [-0.39, 0.29) is 28.7 Å². The Hall–Kier alpha value is -4.03. The molecule has 182 valence electrons. The van der Waals surface area contributed by atoms with Crippen LogP contribution < -0.4 is 10.6 Å². The molecule has 0 unspecified atom stereocenters. The quantitative estimate of drug-likeness (QED) is 0.512. The molecule has 3 aromatic heterocycles. The minimum Gasteiger partial charge on any atom is -0.441 e. The maximum Gasteiger partial charge on any atom is 0.413 e. The Kier molecular flexibility index (Phi) is 5.22. The highest BCUT2D eigenvalue weighted by Crippen LogP contribution is 2.62. The van der Waals surface area contributed by atoms with Crippen LogP contribution in [0.5, 0.6) is 0 Å². The number of rotatable bonds is 6.